The number of carbonyl (C=O) groups is 6. The summed E-state index contributed by atoms with van der Waals surface area (Å²) >= 11 is 0. The molecule has 9 N–H and O–H groups in total. The lowest BCUT2D eigenvalue weighted by Gasteiger charge is -2.25. The van der Waals surface area contributed by atoms with Crippen molar-refractivity contribution < 1.29 is 39.0 Å². The molecule has 0 spiro atoms. The van der Waals surface area contributed by atoms with E-state index in [1.165, 1.54) is 6.92 Å². The Labute approximate surface area is 179 Å². The number of carboxylic acids is 2. The molecule has 0 fully saturated rings. The number of amides is 4. The summed E-state index contributed by atoms with van der Waals surface area (Å²) in [6.45, 7) is 5.02. The van der Waals surface area contributed by atoms with Crippen LogP contribution in [0.5, 0.6) is 0 Å². The number of hydrogen-bond acceptors (Lipinski definition) is 7. The molecule has 0 aromatic heterocycles. The van der Waals surface area contributed by atoms with Crippen molar-refractivity contribution in [3.05, 3.63) is 0 Å². The van der Waals surface area contributed by atoms with Gasteiger partial charge >= 0.3 is 11.9 Å². The van der Waals surface area contributed by atoms with Gasteiger partial charge in [-0.3, -0.25) is 24.0 Å². The van der Waals surface area contributed by atoms with E-state index in [-0.39, 0.29) is 18.8 Å². The maximum absolute atomic E-state index is 12.7. The van der Waals surface area contributed by atoms with E-state index in [0.717, 1.165) is 0 Å². The van der Waals surface area contributed by atoms with Crippen LogP contribution in [0.4, 0.5) is 0 Å². The highest BCUT2D eigenvalue weighted by Gasteiger charge is 2.31. The van der Waals surface area contributed by atoms with Gasteiger partial charge in [0.15, 0.2) is 0 Å². The lowest BCUT2D eigenvalue weighted by atomic mass is 10.0. The third kappa shape index (κ3) is 11.5. The highest BCUT2D eigenvalue weighted by Crippen LogP contribution is 2.08. The van der Waals surface area contributed by atoms with E-state index < -0.39 is 72.6 Å². The minimum Gasteiger partial charge on any atom is -0.481 e. The molecule has 176 valence electrons. The fraction of sp³-hybridized carbons (Fsp3) is 0.667. The van der Waals surface area contributed by atoms with Gasteiger partial charge in [0, 0.05) is 6.42 Å². The first kappa shape index (κ1) is 27.8. The Morgan fingerprint density at radius 2 is 1.29 bits per heavy atom. The number of primary amides is 1. The molecule has 0 aliphatic rings. The van der Waals surface area contributed by atoms with Crippen LogP contribution in [0, 0.1) is 5.92 Å². The van der Waals surface area contributed by atoms with Gasteiger partial charge in [-0.1, -0.05) is 13.8 Å². The average Bonchev–Trinajstić information content (AvgIpc) is 2.62. The minimum absolute atomic E-state index is 0.0256. The molecule has 13 heteroatoms. The van der Waals surface area contributed by atoms with Gasteiger partial charge in [0.05, 0.1) is 12.5 Å². The molecule has 4 unspecified atom stereocenters. The van der Waals surface area contributed by atoms with Crippen molar-refractivity contribution in [1.82, 2.24) is 16.0 Å². The molecule has 0 saturated carbocycles. The van der Waals surface area contributed by atoms with Crippen LogP contribution in [0.3, 0.4) is 0 Å². The molecule has 0 saturated heterocycles. The maximum Gasteiger partial charge on any atom is 0.326 e. The van der Waals surface area contributed by atoms with Crippen LogP contribution in [0.15, 0.2) is 0 Å². The quantitative estimate of drug-likeness (QED) is 0.151. The Kier molecular flexibility index (Phi) is 11.8. The maximum atomic E-state index is 12.7. The monoisotopic (exact) mass is 445 g/mol. The standard InChI is InChI=1S/C18H31N5O8/c1-8(2)6-11(22-15(27)9(3)19)17(29)21-10(4-5-14(25)26)16(28)23-12(18(30)31)7-13(20)24/h8-12H,4-7,19H2,1-3H3,(H2,20,24)(H,21,29)(H,22,27)(H,23,28)(H,25,26)(H,30,31). The van der Waals surface area contributed by atoms with Crippen molar-refractivity contribution in [2.24, 2.45) is 17.4 Å². The number of nitrogens with one attached hydrogen (secondary N) is 3. The first-order valence-electron chi connectivity index (χ1n) is 9.64. The number of carbonyl (C=O) groups excluding carboxylic acids is 4. The number of nitrogens with two attached hydrogens (primary N) is 2. The van der Waals surface area contributed by atoms with Gasteiger partial charge in [-0.2, -0.15) is 0 Å². The smallest absolute Gasteiger partial charge is 0.326 e. The molecule has 0 bridgehead atoms. The Morgan fingerprint density at radius 3 is 1.71 bits per heavy atom. The van der Waals surface area contributed by atoms with Crippen molar-refractivity contribution in [2.75, 3.05) is 0 Å². The molecule has 0 heterocycles. The fourth-order valence-corrected chi connectivity index (χ4v) is 2.49. The molecule has 13 nitrogen and oxygen atoms in total. The van der Waals surface area contributed by atoms with Crippen LogP contribution < -0.4 is 27.4 Å². The van der Waals surface area contributed by atoms with Crippen molar-refractivity contribution in [3.63, 3.8) is 0 Å². The van der Waals surface area contributed by atoms with Gasteiger partial charge in [-0.05, 0) is 25.7 Å². The van der Waals surface area contributed by atoms with Gasteiger partial charge in [0.25, 0.3) is 0 Å². The molecule has 4 amide bonds. The molecule has 0 aromatic carbocycles. The summed E-state index contributed by atoms with van der Waals surface area (Å²) in [5, 5.41) is 24.9. The number of rotatable bonds is 14. The molecule has 0 rings (SSSR count). The lowest BCUT2D eigenvalue weighted by Crippen LogP contribution is -2.57. The summed E-state index contributed by atoms with van der Waals surface area (Å²) in [7, 11) is 0. The highest BCUT2D eigenvalue weighted by atomic mass is 16.4. The second-order valence-corrected chi connectivity index (χ2v) is 7.54. The van der Waals surface area contributed by atoms with E-state index >= 15 is 0 Å². The number of carboxylic acid groups (broad SMARTS) is 2. The van der Waals surface area contributed by atoms with Crippen LogP contribution in [0.1, 0.15) is 46.5 Å². The van der Waals surface area contributed by atoms with E-state index in [4.69, 9.17) is 21.7 Å². The second-order valence-electron chi connectivity index (χ2n) is 7.54. The molecule has 0 aliphatic carbocycles. The van der Waals surface area contributed by atoms with Gasteiger partial charge < -0.3 is 37.6 Å². The van der Waals surface area contributed by atoms with E-state index in [1.54, 1.807) is 13.8 Å². The second kappa shape index (κ2) is 13.2. The Balaban J connectivity index is 5.52. The zero-order chi connectivity index (χ0) is 24.3. The molecular weight excluding hydrogens is 414 g/mol. The van der Waals surface area contributed by atoms with E-state index in [0.29, 0.717) is 0 Å². The Hall–Kier alpha value is -3.22. The summed E-state index contributed by atoms with van der Waals surface area (Å²) in [6.07, 6.45) is -1.35. The van der Waals surface area contributed by atoms with Gasteiger partial charge in [0.1, 0.15) is 18.1 Å². The highest BCUT2D eigenvalue weighted by molar-refractivity contribution is 5.95. The first-order chi connectivity index (χ1) is 14.2. The zero-order valence-corrected chi connectivity index (χ0v) is 17.7. The Morgan fingerprint density at radius 1 is 0.806 bits per heavy atom. The minimum atomic E-state index is -1.65. The fourth-order valence-electron chi connectivity index (χ4n) is 2.49. The molecular formula is C18H31N5O8. The van der Waals surface area contributed by atoms with E-state index in [9.17, 15) is 28.8 Å². The van der Waals surface area contributed by atoms with Crippen molar-refractivity contribution in [1.29, 1.82) is 0 Å². The van der Waals surface area contributed by atoms with Gasteiger partial charge in [-0.15, -0.1) is 0 Å². The molecule has 31 heavy (non-hydrogen) atoms. The topological polar surface area (TPSA) is 231 Å². The number of hydrogen-bond donors (Lipinski definition) is 7. The van der Waals surface area contributed by atoms with Crippen LogP contribution in [-0.4, -0.2) is 69.9 Å². The normalized spacial score (nSPS) is 14.6. The molecule has 0 aliphatic heterocycles. The predicted molar refractivity (Wildman–Crippen MR) is 107 cm³/mol. The van der Waals surface area contributed by atoms with Crippen LogP contribution in [0.25, 0.3) is 0 Å². The van der Waals surface area contributed by atoms with Crippen LogP contribution in [0.2, 0.25) is 0 Å². The summed E-state index contributed by atoms with van der Waals surface area (Å²) in [6, 6.07) is -5.03. The summed E-state index contributed by atoms with van der Waals surface area (Å²) in [4.78, 5) is 70.3. The lowest BCUT2D eigenvalue weighted by molar-refractivity contribution is -0.144. The average molecular weight is 445 g/mol. The van der Waals surface area contributed by atoms with Crippen molar-refractivity contribution >= 4 is 35.6 Å². The SMILES string of the molecule is CC(C)CC(NC(=O)C(C)N)C(=O)NC(CCC(=O)O)C(=O)NC(CC(N)=O)C(=O)O. The van der Waals surface area contributed by atoms with Crippen LogP contribution in [-0.2, 0) is 28.8 Å². The van der Waals surface area contributed by atoms with Crippen molar-refractivity contribution in [2.45, 2.75) is 70.6 Å². The summed E-state index contributed by atoms with van der Waals surface area (Å²) in [5.41, 5.74) is 10.5. The molecule has 0 aromatic rings. The van der Waals surface area contributed by atoms with E-state index in [1.807, 2.05) is 0 Å². The molecule has 4 atom stereocenters. The largest absolute Gasteiger partial charge is 0.481 e. The first-order valence-corrected chi connectivity index (χ1v) is 9.64. The van der Waals surface area contributed by atoms with E-state index in [2.05, 4.69) is 16.0 Å². The van der Waals surface area contributed by atoms with Crippen LogP contribution >= 0.6 is 0 Å². The predicted octanol–water partition coefficient (Wildman–Crippen LogP) is -2.34. The van der Waals surface area contributed by atoms with Gasteiger partial charge in [0.2, 0.25) is 23.6 Å². The number of aliphatic carboxylic acids is 2. The third-order valence-electron chi connectivity index (χ3n) is 4.05. The molecule has 0 radical (unpaired) electrons. The zero-order valence-electron chi connectivity index (χ0n) is 17.7. The summed E-state index contributed by atoms with van der Waals surface area (Å²) < 4.78 is 0. The van der Waals surface area contributed by atoms with Gasteiger partial charge in [-0.25, -0.2) is 4.79 Å². The summed E-state index contributed by atoms with van der Waals surface area (Å²) in [5.74, 6) is -6.16. The third-order valence-corrected chi connectivity index (χ3v) is 4.05. The Bertz CT molecular complexity index is 694. The van der Waals surface area contributed by atoms with Crippen molar-refractivity contribution in [3.8, 4) is 0 Å².